The number of hydrogen-bond acceptors (Lipinski definition) is 3. The number of ether oxygens (including phenoxy) is 1. The molecule has 4 nitrogen and oxygen atoms in total. The van der Waals surface area contributed by atoms with Crippen molar-refractivity contribution >= 4 is 5.97 Å². The molecule has 17 heavy (non-hydrogen) atoms. The number of hydrogen-bond donors (Lipinski definition) is 1. The van der Waals surface area contributed by atoms with Gasteiger partial charge in [0.1, 0.15) is 0 Å². The number of nitrogens with zero attached hydrogens (tertiary/aromatic N) is 1. The minimum Gasteiger partial charge on any atom is -0.481 e. The third kappa shape index (κ3) is 4.64. The highest BCUT2D eigenvalue weighted by Crippen LogP contribution is 2.23. The summed E-state index contributed by atoms with van der Waals surface area (Å²) in [6, 6.07) is 0. The van der Waals surface area contributed by atoms with Crippen molar-refractivity contribution in [2.24, 2.45) is 11.3 Å². The molecule has 0 radical (unpaired) electrons. The van der Waals surface area contributed by atoms with Gasteiger partial charge < -0.3 is 14.7 Å². The van der Waals surface area contributed by atoms with Crippen LogP contribution in [0.4, 0.5) is 0 Å². The first kappa shape index (κ1) is 14.5. The van der Waals surface area contributed by atoms with E-state index in [9.17, 15) is 4.79 Å². The van der Waals surface area contributed by atoms with Gasteiger partial charge in [0.25, 0.3) is 0 Å². The highest BCUT2D eigenvalue weighted by atomic mass is 16.5. The molecule has 1 rings (SSSR count). The Labute approximate surface area is 104 Å². The van der Waals surface area contributed by atoms with Gasteiger partial charge in [0.15, 0.2) is 0 Å². The normalized spacial score (nSPS) is 22.6. The number of piperidine rings is 1. The van der Waals surface area contributed by atoms with Crippen molar-refractivity contribution in [1.82, 2.24) is 4.90 Å². The van der Waals surface area contributed by atoms with E-state index in [0.29, 0.717) is 12.3 Å². The van der Waals surface area contributed by atoms with E-state index in [-0.39, 0.29) is 0 Å². The van der Waals surface area contributed by atoms with Gasteiger partial charge in [-0.3, -0.25) is 4.79 Å². The van der Waals surface area contributed by atoms with Crippen molar-refractivity contribution in [3.05, 3.63) is 0 Å². The lowest BCUT2D eigenvalue weighted by atomic mass is 9.88. The van der Waals surface area contributed by atoms with Gasteiger partial charge in [0, 0.05) is 13.7 Å². The second-order valence-electron chi connectivity index (χ2n) is 5.70. The molecule has 0 aliphatic carbocycles. The smallest absolute Gasteiger partial charge is 0.309 e. The minimum atomic E-state index is -0.706. The average molecular weight is 243 g/mol. The second kappa shape index (κ2) is 6.36. The molecular weight excluding hydrogens is 218 g/mol. The van der Waals surface area contributed by atoms with Gasteiger partial charge in [-0.2, -0.15) is 0 Å². The van der Waals surface area contributed by atoms with E-state index in [1.807, 2.05) is 0 Å². The Morgan fingerprint density at radius 3 is 2.82 bits per heavy atom. The SMILES string of the molecule is COCC1CCCN(CCC(C)(C)C(=O)O)C1. The van der Waals surface area contributed by atoms with Crippen molar-refractivity contribution in [1.29, 1.82) is 0 Å². The highest BCUT2D eigenvalue weighted by Gasteiger charge is 2.28. The molecule has 0 spiro atoms. The first-order valence-corrected chi connectivity index (χ1v) is 6.40. The molecule has 1 unspecified atom stereocenters. The van der Waals surface area contributed by atoms with Crippen LogP contribution in [0.5, 0.6) is 0 Å². The zero-order valence-corrected chi connectivity index (χ0v) is 11.2. The van der Waals surface area contributed by atoms with Crippen LogP contribution in [0.3, 0.4) is 0 Å². The van der Waals surface area contributed by atoms with Crippen LogP contribution in [0.1, 0.15) is 33.1 Å². The van der Waals surface area contributed by atoms with Crippen LogP contribution in [0.25, 0.3) is 0 Å². The summed E-state index contributed by atoms with van der Waals surface area (Å²) in [6.07, 6.45) is 3.14. The maximum atomic E-state index is 11.0. The Morgan fingerprint density at radius 1 is 1.53 bits per heavy atom. The molecule has 0 bridgehead atoms. The highest BCUT2D eigenvalue weighted by molar-refractivity contribution is 5.73. The average Bonchev–Trinajstić information content (AvgIpc) is 2.27. The van der Waals surface area contributed by atoms with E-state index < -0.39 is 11.4 Å². The van der Waals surface area contributed by atoms with Crippen molar-refractivity contribution < 1.29 is 14.6 Å². The van der Waals surface area contributed by atoms with Gasteiger partial charge >= 0.3 is 5.97 Å². The Hall–Kier alpha value is -0.610. The molecule has 1 aliphatic rings. The van der Waals surface area contributed by atoms with Crippen molar-refractivity contribution in [3.8, 4) is 0 Å². The minimum absolute atomic E-state index is 0.613. The topological polar surface area (TPSA) is 49.8 Å². The van der Waals surface area contributed by atoms with E-state index >= 15 is 0 Å². The monoisotopic (exact) mass is 243 g/mol. The zero-order valence-electron chi connectivity index (χ0n) is 11.2. The molecule has 100 valence electrons. The number of carboxylic acid groups (broad SMARTS) is 1. The first-order chi connectivity index (χ1) is 7.95. The summed E-state index contributed by atoms with van der Waals surface area (Å²) < 4.78 is 5.19. The molecule has 0 aromatic rings. The third-order valence-electron chi connectivity index (χ3n) is 3.64. The molecule has 4 heteroatoms. The van der Waals surface area contributed by atoms with Crippen LogP contribution >= 0.6 is 0 Å². The predicted molar refractivity (Wildman–Crippen MR) is 67.1 cm³/mol. The van der Waals surface area contributed by atoms with E-state index in [0.717, 1.165) is 26.2 Å². The molecule has 0 saturated carbocycles. The summed E-state index contributed by atoms with van der Waals surface area (Å²) in [5.74, 6) is -0.0929. The fourth-order valence-electron chi connectivity index (χ4n) is 2.27. The lowest BCUT2D eigenvalue weighted by Crippen LogP contribution is -2.39. The van der Waals surface area contributed by atoms with E-state index in [4.69, 9.17) is 9.84 Å². The summed E-state index contributed by atoms with van der Waals surface area (Å²) in [4.78, 5) is 13.4. The van der Waals surface area contributed by atoms with Gasteiger partial charge in [-0.1, -0.05) is 0 Å². The van der Waals surface area contributed by atoms with Crippen molar-refractivity contribution in [2.75, 3.05) is 33.4 Å². The van der Waals surface area contributed by atoms with Crippen LogP contribution in [0, 0.1) is 11.3 Å². The van der Waals surface area contributed by atoms with Gasteiger partial charge in [0.05, 0.1) is 12.0 Å². The van der Waals surface area contributed by atoms with Gasteiger partial charge in [0.2, 0.25) is 0 Å². The molecule has 1 heterocycles. The standard InChI is InChI=1S/C13H25NO3/c1-13(2,12(15)16)6-8-14-7-4-5-11(9-14)10-17-3/h11H,4-10H2,1-3H3,(H,15,16). The maximum Gasteiger partial charge on any atom is 0.309 e. The molecular formula is C13H25NO3. The summed E-state index contributed by atoms with van der Waals surface area (Å²) >= 11 is 0. The Kier molecular flexibility index (Phi) is 5.40. The molecule has 0 aromatic carbocycles. The Morgan fingerprint density at radius 2 is 2.24 bits per heavy atom. The Bertz CT molecular complexity index is 251. The van der Waals surface area contributed by atoms with Crippen molar-refractivity contribution in [2.45, 2.75) is 33.1 Å². The zero-order chi connectivity index (χ0) is 12.9. The van der Waals surface area contributed by atoms with E-state index in [1.165, 1.54) is 12.8 Å². The molecule has 1 saturated heterocycles. The lowest BCUT2D eigenvalue weighted by molar-refractivity contribution is -0.147. The number of aliphatic carboxylic acids is 1. The molecule has 1 fully saturated rings. The molecule has 1 aliphatic heterocycles. The number of likely N-dealkylation sites (tertiary alicyclic amines) is 1. The molecule has 1 atom stereocenters. The molecule has 0 amide bonds. The molecule has 0 aromatic heterocycles. The third-order valence-corrected chi connectivity index (χ3v) is 3.64. The van der Waals surface area contributed by atoms with Gasteiger partial charge in [-0.25, -0.2) is 0 Å². The fraction of sp³-hybridized carbons (Fsp3) is 0.923. The van der Waals surface area contributed by atoms with E-state index in [2.05, 4.69) is 4.90 Å². The van der Waals surface area contributed by atoms with Crippen LogP contribution < -0.4 is 0 Å². The predicted octanol–water partition coefficient (Wildman–Crippen LogP) is 1.85. The summed E-state index contributed by atoms with van der Waals surface area (Å²) in [7, 11) is 1.74. The fourth-order valence-corrected chi connectivity index (χ4v) is 2.27. The maximum absolute atomic E-state index is 11.0. The van der Waals surface area contributed by atoms with E-state index in [1.54, 1.807) is 21.0 Å². The number of methoxy groups -OCH3 is 1. The number of carboxylic acids is 1. The molecule has 1 N–H and O–H groups in total. The quantitative estimate of drug-likeness (QED) is 0.773. The van der Waals surface area contributed by atoms with Gasteiger partial charge in [-0.05, 0) is 52.1 Å². The van der Waals surface area contributed by atoms with Crippen LogP contribution in [-0.2, 0) is 9.53 Å². The Balaban J connectivity index is 2.34. The van der Waals surface area contributed by atoms with Crippen LogP contribution in [0.2, 0.25) is 0 Å². The number of rotatable bonds is 6. The first-order valence-electron chi connectivity index (χ1n) is 6.40. The van der Waals surface area contributed by atoms with Crippen LogP contribution in [0.15, 0.2) is 0 Å². The van der Waals surface area contributed by atoms with Crippen LogP contribution in [-0.4, -0.2) is 49.3 Å². The summed E-state index contributed by atoms with van der Waals surface area (Å²) in [5, 5.41) is 9.07. The number of carbonyl (C=O) groups is 1. The largest absolute Gasteiger partial charge is 0.481 e. The lowest BCUT2D eigenvalue weighted by Gasteiger charge is -2.34. The summed E-state index contributed by atoms with van der Waals surface area (Å²) in [5.41, 5.74) is -0.617. The summed E-state index contributed by atoms with van der Waals surface area (Å²) in [6.45, 7) is 7.43. The van der Waals surface area contributed by atoms with Gasteiger partial charge in [-0.15, -0.1) is 0 Å². The van der Waals surface area contributed by atoms with Crippen molar-refractivity contribution in [3.63, 3.8) is 0 Å². The second-order valence-corrected chi connectivity index (χ2v) is 5.70.